The van der Waals surface area contributed by atoms with Crippen LogP contribution in [0.25, 0.3) is 26.7 Å². The molecule has 4 aromatic rings. The first kappa shape index (κ1) is 17.5. The Morgan fingerprint density at radius 2 is 2.11 bits per heavy atom. The zero-order valence-corrected chi connectivity index (χ0v) is 16.3. The van der Waals surface area contributed by atoms with Crippen LogP contribution in [0.4, 0.5) is 4.39 Å². The third-order valence-corrected chi connectivity index (χ3v) is 6.18. The fraction of sp³-hybridized carbons (Fsp3) is 0.316. The lowest BCUT2D eigenvalue weighted by atomic mass is 10.2. The van der Waals surface area contributed by atoms with Gasteiger partial charge in [0.1, 0.15) is 10.6 Å². The number of piperazine rings is 1. The maximum atomic E-state index is 13.3. The van der Waals surface area contributed by atoms with E-state index in [-0.39, 0.29) is 11.9 Å². The molecule has 28 heavy (non-hydrogen) atoms. The average Bonchev–Trinajstić information content (AvgIpc) is 3.40. The van der Waals surface area contributed by atoms with Gasteiger partial charge in [-0.15, -0.1) is 11.3 Å². The van der Waals surface area contributed by atoms with E-state index in [0.29, 0.717) is 11.7 Å². The second-order valence-electron chi connectivity index (χ2n) is 6.96. The Bertz CT molecular complexity index is 1130. The summed E-state index contributed by atoms with van der Waals surface area (Å²) < 4.78 is 20.7. The fourth-order valence-electron chi connectivity index (χ4n) is 3.47. The van der Waals surface area contributed by atoms with Gasteiger partial charge < -0.3 is 9.84 Å². The van der Waals surface area contributed by atoms with Crippen LogP contribution in [0.15, 0.2) is 34.9 Å². The predicted octanol–water partition coefficient (Wildman–Crippen LogP) is 3.16. The maximum Gasteiger partial charge on any atom is 0.268 e. The highest BCUT2D eigenvalue weighted by Gasteiger charge is 2.26. The number of rotatable bonds is 3. The van der Waals surface area contributed by atoms with Crippen molar-refractivity contribution in [2.45, 2.75) is 13.0 Å². The Labute approximate surface area is 164 Å². The zero-order valence-electron chi connectivity index (χ0n) is 15.5. The van der Waals surface area contributed by atoms with E-state index in [2.05, 4.69) is 32.5 Å². The third kappa shape index (κ3) is 2.92. The second-order valence-corrected chi connectivity index (χ2v) is 7.99. The van der Waals surface area contributed by atoms with Crippen molar-refractivity contribution in [2.24, 2.45) is 0 Å². The van der Waals surface area contributed by atoms with Crippen LogP contribution < -0.4 is 5.32 Å². The maximum absolute atomic E-state index is 13.3. The van der Waals surface area contributed by atoms with Gasteiger partial charge in [-0.05, 0) is 44.3 Å². The van der Waals surface area contributed by atoms with Gasteiger partial charge >= 0.3 is 0 Å². The number of aromatic nitrogens is 4. The molecule has 7 nitrogen and oxygen atoms in total. The van der Waals surface area contributed by atoms with Crippen LogP contribution in [0.5, 0.6) is 0 Å². The smallest absolute Gasteiger partial charge is 0.268 e. The van der Waals surface area contributed by atoms with Crippen molar-refractivity contribution in [1.82, 2.24) is 30.1 Å². The summed E-state index contributed by atoms with van der Waals surface area (Å²) in [6.45, 7) is 4.68. The van der Waals surface area contributed by atoms with E-state index in [1.807, 2.05) is 17.7 Å². The number of hydrogen-bond acceptors (Lipinski definition) is 7. The zero-order chi connectivity index (χ0) is 19.3. The monoisotopic (exact) mass is 398 g/mol. The van der Waals surface area contributed by atoms with Crippen molar-refractivity contribution in [3.8, 4) is 16.5 Å². The van der Waals surface area contributed by atoms with E-state index in [1.54, 1.807) is 12.1 Å². The van der Waals surface area contributed by atoms with E-state index < -0.39 is 0 Å². The van der Waals surface area contributed by atoms with Crippen molar-refractivity contribution < 1.29 is 8.91 Å². The van der Waals surface area contributed by atoms with Crippen molar-refractivity contribution in [2.75, 3.05) is 26.7 Å². The van der Waals surface area contributed by atoms with Crippen LogP contribution in [0.2, 0.25) is 0 Å². The van der Waals surface area contributed by atoms with E-state index in [0.717, 1.165) is 46.1 Å². The van der Waals surface area contributed by atoms with Crippen molar-refractivity contribution >= 4 is 21.6 Å². The van der Waals surface area contributed by atoms with Gasteiger partial charge in [-0.3, -0.25) is 4.90 Å². The predicted molar refractivity (Wildman–Crippen MR) is 105 cm³/mol. The van der Waals surface area contributed by atoms with Crippen LogP contribution in [0.3, 0.4) is 0 Å². The van der Waals surface area contributed by atoms with Crippen LogP contribution in [0.1, 0.15) is 17.6 Å². The molecule has 0 amide bonds. The van der Waals surface area contributed by atoms with Gasteiger partial charge in [0, 0.05) is 25.0 Å². The first-order chi connectivity index (χ1) is 13.6. The number of thiophene rings is 1. The summed E-state index contributed by atoms with van der Waals surface area (Å²) in [5, 5.41) is 13.2. The Balaban J connectivity index is 1.52. The highest BCUT2D eigenvalue weighted by Crippen LogP contribution is 2.36. The Hall–Kier alpha value is -2.62. The molecule has 144 valence electrons. The highest BCUT2D eigenvalue weighted by atomic mass is 32.1. The van der Waals surface area contributed by atoms with Gasteiger partial charge in [-0.25, -0.2) is 9.07 Å². The summed E-state index contributed by atoms with van der Waals surface area (Å²) in [6.07, 6.45) is 0. The lowest BCUT2D eigenvalue weighted by molar-refractivity contribution is 0.190. The molecule has 0 saturated carbocycles. The largest absolute Gasteiger partial charge is 0.333 e. The van der Waals surface area contributed by atoms with Gasteiger partial charge in [0.2, 0.25) is 0 Å². The minimum absolute atomic E-state index is 0.108. The SMILES string of the molecule is Cc1nn(-c2ccc(F)cc2)c2sc(-c3nc(C4CNCCN4C)no3)cc12. The standard InChI is InChI=1S/C19H19FN6OS/c1-11-14-9-16(18-22-17(24-27-18)15-10-21-7-8-25(15)2)28-19(14)26(23-11)13-5-3-12(20)4-6-13/h3-6,9,15,21H,7-8,10H2,1-2H3. The minimum Gasteiger partial charge on any atom is -0.333 e. The number of benzene rings is 1. The van der Waals surface area contributed by atoms with Crippen molar-refractivity contribution in [1.29, 1.82) is 0 Å². The molecule has 1 aliphatic rings. The van der Waals surface area contributed by atoms with Gasteiger partial charge in [0.15, 0.2) is 5.82 Å². The first-order valence-corrected chi connectivity index (χ1v) is 9.92. The molecule has 1 aliphatic heterocycles. The number of nitrogens with one attached hydrogen (secondary N) is 1. The quantitative estimate of drug-likeness (QED) is 0.572. The summed E-state index contributed by atoms with van der Waals surface area (Å²) in [7, 11) is 2.07. The average molecular weight is 398 g/mol. The number of fused-ring (bicyclic) bond motifs is 1. The lowest BCUT2D eigenvalue weighted by Crippen LogP contribution is -2.44. The molecule has 4 heterocycles. The van der Waals surface area contributed by atoms with Gasteiger partial charge in [-0.2, -0.15) is 10.1 Å². The molecule has 0 radical (unpaired) electrons. The molecule has 3 aromatic heterocycles. The summed E-state index contributed by atoms with van der Waals surface area (Å²) >= 11 is 1.54. The Morgan fingerprint density at radius 1 is 1.29 bits per heavy atom. The molecule has 5 rings (SSSR count). The summed E-state index contributed by atoms with van der Waals surface area (Å²) in [5.41, 5.74) is 1.71. The van der Waals surface area contributed by atoms with Crippen molar-refractivity contribution in [3.05, 3.63) is 47.7 Å². The number of halogens is 1. The van der Waals surface area contributed by atoms with Crippen LogP contribution in [-0.4, -0.2) is 51.5 Å². The van der Waals surface area contributed by atoms with E-state index in [1.165, 1.54) is 23.5 Å². The molecule has 0 aliphatic carbocycles. The highest BCUT2D eigenvalue weighted by molar-refractivity contribution is 7.21. The normalized spacial score (nSPS) is 18.2. The number of nitrogens with zero attached hydrogens (tertiary/aromatic N) is 5. The van der Waals surface area contributed by atoms with E-state index in [4.69, 9.17) is 4.52 Å². The molecule has 9 heteroatoms. The molecule has 0 bridgehead atoms. The van der Waals surface area contributed by atoms with Crippen molar-refractivity contribution in [3.63, 3.8) is 0 Å². The number of hydrogen-bond donors (Lipinski definition) is 1. The van der Waals surface area contributed by atoms with E-state index >= 15 is 0 Å². The summed E-state index contributed by atoms with van der Waals surface area (Å²) in [6, 6.07) is 8.45. The Morgan fingerprint density at radius 3 is 2.89 bits per heavy atom. The number of likely N-dealkylation sites (N-methyl/N-ethyl adjacent to an activating group) is 1. The molecule has 1 aromatic carbocycles. The third-order valence-electron chi connectivity index (χ3n) is 5.08. The topological polar surface area (TPSA) is 72.0 Å². The van der Waals surface area contributed by atoms with Gasteiger partial charge in [-0.1, -0.05) is 5.16 Å². The first-order valence-electron chi connectivity index (χ1n) is 9.10. The van der Waals surface area contributed by atoms with Crippen LogP contribution >= 0.6 is 11.3 Å². The lowest BCUT2D eigenvalue weighted by Gasteiger charge is -2.30. The summed E-state index contributed by atoms with van der Waals surface area (Å²) in [5.74, 6) is 0.940. The molecule has 1 saturated heterocycles. The molecular weight excluding hydrogens is 379 g/mol. The van der Waals surface area contributed by atoms with Crippen LogP contribution in [0, 0.1) is 12.7 Å². The van der Waals surface area contributed by atoms with Crippen LogP contribution in [-0.2, 0) is 0 Å². The second kappa shape index (κ2) is 6.77. The van der Waals surface area contributed by atoms with E-state index in [9.17, 15) is 4.39 Å². The molecule has 1 unspecified atom stereocenters. The molecule has 1 fully saturated rings. The van der Waals surface area contributed by atoms with Gasteiger partial charge in [0.05, 0.1) is 22.3 Å². The number of aryl methyl sites for hydroxylation is 1. The van der Waals surface area contributed by atoms with Gasteiger partial charge in [0.25, 0.3) is 5.89 Å². The molecular formula is C19H19FN6OS. The summed E-state index contributed by atoms with van der Waals surface area (Å²) in [4.78, 5) is 8.74. The molecule has 1 N–H and O–H groups in total. The fourth-order valence-corrected chi connectivity index (χ4v) is 4.58. The Kier molecular flexibility index (Phi) is 4.22. The molecule has 1 atom stereocenters. The molecule has 0 spiro atoms. The minimum atomic E-state index is -0.267.